The van der Waals surface area contributed by atoms with E-state index in [1.165, 1.54) is 16.3 Å². The van der Waals surface area contributed by atoms with Gasteiger partial charge < -0.3 is 5.11 Å². The number of carboxylic acids is 1. The molecule has 0 aliphatic carbocycles. The topological polar surface area (TPSA) is 49.3 Å². The van der Waals surface area contributed by atoms with Crippen LogP contribution in [0, 0.1) is 11.8 Å². The van der Waals surface area contributed by atoms with E-state index in [1.54, 1.807) is 13.8 Å². The Kier molecular flexibility index (Phi) is 5.82. The van der Waals surface area contributed by atoms with Crippen molar-refractivity contribution in [2.75, 3.05) is 6.54 Å². The van der Waals surface area contributed by atoms with Crippen LogP contribution in [0.1, 0.15) is 43.5 Å². The lowest BCUT2D eigenvalue weighted by molar-refractivity contribution is -0.142. The average Bonchev–Trinajstić information content (AvgIpc) is 2.71. The summed E-state index contributed by atoms with van der Waals surface area (Å²) in [5, 5.41) is 15.3. The van der Waals surface area contributed by atoms with Gasteiger partial charge in [0.25, 0.3) is 0 Å². The fourth-order valence-electron chi connectivity index (χ4n) is 3.18. The van der Waals surface area contributed by atoms with Crippen molar-refractivity contribution in [2.45, 2.75) is 32.2 Å². The normalized spacial score (nSPS) is 12.2. The third-order valence-corrected chi connectivity index (χ3v) is 5.16. The Morgan fingerprint density at radius 1 is 1.04 bits per heavy atom. The third-order valence-electron chi connectivity index (χ3n) is 5.16. The van der Waals surface area contributed by atoms with Gasteiger partial charge in [-0.3, -0.25) is 10.1 Å². The van der Waals surface area contributed by atoms with Crippen molar-refractivity contribution in [3.05, 3.63) is 83.4 Å². The van der Waals surface area contributed by atoms with Gasteiger partial charge in [0.05, 0.1) is 12.0 Å². The number of carbonyl (C=O) groups is 1. The van der Waals surface area contributed by atoms with Crippen LogP contribution in [0.3, 0.4) is 0 Å². The highest BCUT2D eigenvalue weighted by atomic mass is 16.4. The van der Waals surface area contributed by atoms with Crippen molar-refractivity contribution < 1.29 is 9.90 Å². The number of aliphatic carboxylic acids is 1. The lowest BCUT2D eigenvalue weighted by atomic mass is 9.84. The fourth-order valence-corrected chi connectivity index (χ4v) is 3.18. The Balaban J connectivity index is 1.64. The van der Waals surface area contributed by atoms with Crippen LogP contribution in [0.5, 0.6) is 0 Å². The third kappa shape index (κ3) is 4.24. The van der Waals surface area contributed by atoms with Crippen LogP contribution in [0.4, 0.5) is 0 Å². The minimum absolute atomic E-state index is 0.194. The van der Waals surface area contributed by atoms with E-state index in [1.807, 2.05) is 24.3 Å². The number of benzene rings is 3. The van der Waals surface area contributed by atoms with Crippen molar-refractivity contribution in [3.8, 4) is 11.8 Å². The number of fused-ring (bicyclic) bond motifs is 1. The average molecular weight is 371 g/mol. The summed E-state index contributed by atoms with van der Waals surface area (Å²) in [7, 11) is 0. The first kappa shape index (κ1) is 19.7. The molecule has 0 fully saturated rings. The molecule has 142 valence electrons. The van der Waals surface area contributed by atoms with E-state index in [-0.39, 0.29) is 6.04 Å². The standard InChI is InChI=1S/C25H25NO2/c1-18(22-12-6-10-20-9-4-5-11-23(20)22)26-17-7-8-19-13-15-21(16-14-19)25(2,3)24(27)28/h4-6,9-16,18,26H,17H2,1-3H3,(H,27,28). The van der Waals surface area contributed by atoms with Crippen molar-refractivity contribution in [2.24, 2.45) is 0 Å². The van der Waals surface area contributed by atoms with Gasteiger partial charge in [-0.05, 0) is 54.8 Å². The summed E-state index contributed by atoms with van der Waals surface area (Å²) in [6, 6.07) is 22.4. The Morgan fingerprint density at radius 3 is 2.43 bits per heavy atom. The molecule has 0 bridgehead atoms. The fraction of sp³-hybridized carbons (Fsp3) is 0.240. The second kappa shape index (κ2) is 8.29. The SMILES string of the molecule is CC(NCC#Cc1ccc(C(C)(C)C(=O)O)cc1)c1cccc2ccccc12. The van der Waals surface area contributed by atoms with Gasteiger partial charge in [0, 0.05) is 11.6 Å². The zero-order valence-corrected chi connectivity index (χ0v) is 16.5. The summed E-state index contributed by atoms with van der Waals surface area (Å²) in [5.74, 6) is 5.46. The molecule has 0 aromatic heterocycles. The maximum Gasteiger partial charge on any atom is 0.313 e. The summed E-state index contributed by atoms with van der Waals surface area (Å²) in [5.41, 5.74) is 2.01. The van der Waals surface area contributed by atoms with Gasteiger partial charge in [0.1, 0.15) is 0 Å². The van der Waals surface area contributed by atoms with E-state index in [2.05, 4.69) is 66.5 Å². The van der Waals surface area contributed by atoms with Gasteiger partial charge in [-0.2, -0.15) is 0 Å². The molecule has 28 heavy (non-hydrogen) atoms. The molecule has 0 spiro atoms. The molecular weight excluding hydrogens is 346 g/mol. The Hall–Kier alpha value is -3.09. The molecule has 0 saturated heterocycles. The molecule has 0 aliphatic heterocycles. The van der Waals surface area contributed by atoms with Gasteiger partial charge in [0.15, 0.2) is 0 Å². The summed E-state index contributed by atoms with van der Waals surface area (Å²) < 4.78 is 0. The van der Waals surface area contributed by atoms with Crippen LogP contribution in [-0.4, -0.2) is 17.6 Å². The van der Waals surface area contributed by atoms with Gasteiger partial charge in [-0.15, -0.1) is 0 Å². The van der Waals surface area contributed by atoms with Gasteiger partial charge >= 0.3 is 5.97 Å². The number of hydrogen-bond acceptors (Lipinski definition) is 2. The first-order valence-electron chi connectivity index (χ1n) is 9.43. The lowest BCUT2D eigenvalue weighted by Crippen LogP contribution is -2.28. The highest BCUT2D eigenvalue weighted by Crippen LogP contribution is 2.24. The first-order valence-corrected chi connectivity index (χ1v) is 9.43. The maximum atomic E-state index is 11.3. The monoisotopic (exact) mass is 371 g/mol. The summed E-state index contributed by atoms with van der Waals surface area (Å²) >= 11 is 0. The number of hydrogen-bond donors (Lipinski definition) is 2. The molecule has 0 amide bonds. The quantitative estimate of drug-likeness (QED) is 0.627. The van der Waals surface area contributed by atoms with Crippen molar-refractivity contribution >= 4 is 16.7 Å². The predicted octanol–water partition coefficient (Wildman–Crippen LogP) is 4.90. The van der Waals surface area contributed by atoms with E-state index in [0.29, 0.717) is 6.54 Å². The van der Waals surface area contributed by atoms with Gasteiger partial charge in [-0.25, -0.2) is 0 Å². The van der Waals surface area contributed by atoms with E-state index < -0.39 is 11.4 Å². The minimum atomic E-state index is -0.901. The predicted molar refractivity (Wildman–Crippen MR) is 114 cm³/mol. The van der Waals surface area contributed by atoms with Crippen LogP contribution in [0.15, 0.2) is 66.7 Å². The molecule has 1 atom stereocenters. The van der Waals surface area contributed by atoms with Crippen molar-refractivity contribution in [1.82, 2.24) is 5.32 Å². The van der Waals surface area contributed by atoms with Gasteiger partial charge in [0.2, 0.25) is 0 Å². The molecule has 0 heterocycles. The van der Waals surface area contributed by atoms with E-state index in [4.69, 9.17) is 0 Å². The second-order valence-electron chi connectivity index (χ2n) is 7.48. The molecule has 0 aliphatic rings. The largest absolute Gasteiger partial charge is 0.481 e. The molecule has 2 N–H and O–H groups in total. The smallest absolute Gasteiger partial charge is 0.313 e. The van der Waals surface area contributed by atoms with Crippen molar-refractivity contribution in [3.63, 3.8) is 0 Å². The van der Waals surface area contributed by atoms with E-state index in [9.17, 15) is 9.90 Å². The molecule has 3 aromatic carbocycles. The summed E-state index contributed by atoms with van der Waals surface area (Å²) in [6.45, 7) is 6.13. The highest BCUT2D eigenvalue weighted by molar-refractivity contribution is 5.86. The summed E-state index contributed by atoms with van der Waals surface area (Å²) in [4.78, 5) is 11.3. The van der Waals surface area contributed by atoms with Crippen molar-refractivity contribution in [1.29, 1.82) is 0 Å². The van der Waals surface area contributed by atoms with Crippen LogP contribution in [0.2, 0.25) is 0 Å². The Morgan fingerprint density at radius 2 is 1.71 bits per heavy atom. The Labute approximate surface area is 166 Å². The lowest BCUT2D eigenvalue weighted by Gasteiger charge is -2.19. The zero-order chi connectivity index (χ0) is 20.1. The highest BCUT2D eigenvalue weighted by Gasteiger charge is 2.28. The number of rotatable bonds is 5. The minimum Gasteiger partial charge on any atom is -0.481 e. The molecule has 0 radical (unpaired) electrons. The summed E-state index contributed by atoms with van der Waals surface area (Å²) in [6.07, 6.45) is 0. The van der Waals surface area contributed by atoms with E-state index in [0.717, 1.165) is 11.1 Å². The zero-order valence-electron chi connectivity index (χ0n) is 16.5. The number of nitrogens with one attached hydrogen (secondary N) is 1. The maximum absolute atomic E-state index is 11.3. The molecular formula is C25H25NO2. The molecule has 3 aromatic rings. The molecule has 3 rings (SSSR count). The Bertz CT molecular complexity index is 1030. The molecule has 3 heteroatoms. The second-order valence-corrected chi connectivity index (χ2v) is 7.48. The van der Waals surface area contributed by atoms with Crippen LogP contribution in [0.25, 0.3) is 10.8 Å². The first-order chi connectivity index (χ1) is 13.4. The van der Waals surface area contributed by atoms with Crippen LogP contribution in [-0.2, 0) is 10.2 Å². The van der Waals surface area contributed by atoms with Crippen LogP contribution >= 0.6 is 0 Å². The molecule has 0 saturated carbocycles. The van der Waals surface area contributed by atoms with Gasteiger partial charge in [-0.1, -0.05) is 66.4 Å². The molecule has 3 nitrogen and oxygen atoms in total. The van der Waals surface area contributed by atoms with Crippen LogP contribution < -0.4 is 5.32 Å². The number of carboxylic acid groups (broad SMARTS) is 1. The van der Waals surface area contributed by atoms with E-state index >= 15 is 0 Å². The molecule has 1 unspecified atom stereocenters.